The Kier molecular flexibility index (Phi) is 4.64. The average molecular weight is 322 g/mol. The molecule has 1 atom stereocenters. The minimum Gasteiger partial charge on any atom is -0.379 e. The van der Waals surface area contributed by atoms with E-state index < -0.39 is 0 Å². The number of nitrogens with zero attached hydrogens (tertiary/aromatic N) is 2. The van der Waals surface area contributed by atoms with Crippen molar-refractivity contribution in [1.82, 2.24) is 9.78 Å². The molecule has 0 aliphatic rings. The predicted molar refractivity (Wildman–Crippen MR) is 83.4 cm³/mol. The molecule has 0 amide bonds. The fraction of sp³-hybridized carbons (Fsp3) is 0.400. The molecule has 102 valence electrons. The van der Waals surface area contributed by atoms with Gasteiger partial charge in [0.25, 0.3) is 0 Å². The SMILES string of the molecule is CCC(C)n1ccc(CNc2ccc(C)c(Br)c2)n1. The Hall–Kier alpha value is -1.29. The van der Waals surface area contributed by atoms with Crippen LogP contribution in [0.3, 0.4) is 0 Å². The highest BCUT2D eigenvalue weighted by atomic mass is 79.9. The van der Waals surface area contributed by atoms with E-state index in [1.54, 1.807) is 0 Å². The Labute approximate surface area is 123 Å². The molecule has 1 unspecified atom stereocenters. The van der Waals surface area contributed by atoms with Crippen LogP contribution in [0.25, 0.3) is 0 Å². The molecular weight excluding hydrogens is 302 g/mol. The zero-order valence-electron chi connectivity index (χ0n) is 11.7. The zero-order chi connectivity index (χ0) is 13.8. The molecule has 4 heteroatoms. The Morgan fingerprint density at radius 3 is 2.84 bits per heavy atom. The van der Waals surface area contributed by atoms with Gasteiger partial charge in [0.15, 0.2) is 0 Å². The minimum atomic E-state index is 0.460. The lowest BCUT2D eigenvalue weighted by molar-refractivity contribution is 0.474. The van der Waals surface area contributed by atoms with Crippen LogP contribution < -0.4 is 5.32 Å². The Morgan fingerprint density at radius 1 is 1.37 bits per heavy atom. The van der Waals surface area contributed by atoms with E-state index in [1.807, 2.05) is 4.68 Å². The van der Waals surface area contributed by atoms with E-state index in [0.29, 0.717) is 6.04 Å². The van der Waals surface area contributed by atoms with E-state index in [1.165, 1.54) is 5.56 Å². The van der Waals surface area contributed by atoms with Crippen LogP contribution in [0.4, 0.5) is 5.69 Å². The average Bonchev–Trinajstić information content (AvgIpc) is 2.88. The van der Waals surface area contributed by atoms with Crippen LogP contribution in [0.5, 0.6) is 0 Å². The van der Waals surface area contributed by atoms with Gasteiger partial charge in [-0.3, -0.25) is 4.68 Å². The van der Waals surface area contributed by atoms with Crippen molar-refractivity contribution >= 4 is 21.6 Å². The van der Waals surface area contributed by atoms with Gasteiger partial charge in [0.2, 0.25) is 0 Å². The largest absolute Gasteiger partial charge is 0.379 e. The van der Waals surface area contributed by atoms with Crippen molar-refractivity contribution in [3.8, 4) is 0 Å². The van der Waals surface area contributed by atoms with Crippen molar-refractivity contribution in [1.29, 1.82) is 0 Å². The van der Waals surface area contributed by atoms with Crippen LogP contribution in [0.15, 0.2) is 34.9 Å². The summed E-state index contributed by atoms with van der Waals surface area (Å²) in [6.07, 6.45) is 3.15. The van der Waals surface area contributed by atoms with Gasteiger partial charge >= 0.3 is 0 Å². The van der Waals surface area contributed by atoms with Crippen molar-refractivity contribution in [2.75, 3.05) is 5.32 Å². The highest BCUT2D eigenvalue weighted by Gasteiger charge is 2.04. The molecule has 0 spiro atoms. The highest BCUT2D eigenvalue weighted by Crippen LogP contribution is 2.21. The van der Waals surface area contributed by atoms with E-state index in [9.17, 15) is 0 Å². The maximum atomic E-state index is 4.58. The molecule has 19 heavy (non-hydrogen) atoms. The van der Waals surface area contributed by atoms with Crippen LogP contribution in [-0.4, -0.2) is 9.78 Å². The van der Waals surface area contributed by atoms with Gasteiger partial charge in [-0.05, 0) is 44.0 Å². The number of benzene rings is 1. The van der Waals surface area contributed by atoms with Gasteiger partial charge in [0.1, 0.15) is 0 Å². The second kappa shape index (κ2) is 6.24. The van der Waals surface area contributed by atoms with Crippen molar-refractivity contribution in [3.63, 3.8) is 0 Å². The predicted octanol–water partition coefficient (Wildman–Crippen LogP) is 4.54. The summed E-state index contributed by atoms with van der Waals surface area (Å²) in [6.45, 7) is 7.19. The van der Waals surface area contributed by atoms with Gasteiger partial charge < -0.3 is 5.32 Å². The zero-order valence-corrected chi connectivity index (χ0v) is 13.2. The topological polar surface area (TPSA) is 29.9 Å². The van der Waals surface area contributed by atoms with E-state index in [2.05, 4.69) is 77.6 Å². The monoisotopic (exact) mass is 321 g/mol. The Balaban J connectivity index is 1.98. The van der Waals surface area contributed by atoms with Gasteiger partial charge in [0, 0.05) is 22.4 Å². The van der Waals surface area contributed by atoms with E-state index in [4.69, 9.17) is 0 Å². The standard InChI is InChI=1S/C15H20BrN3/c1-4-12(3)19-8-7-14(18-19)10-17-13-6-5-11(2)15(16)9-13/h5-9,12,17H,4,10H2,1-3H3. The Bertz CT molecular complexity index is 548. The third kappa shape index (κ3) is 3.60. The normalized spacial score (nSPS) is 12.4. The molecule has 2 aromatic rings. The van der Waals surface area contributed by atoms with Gasteiger partial charge in [-0.1, -0.05) is 28.9 Å². The first-order valence-corrected chi connectivity index (χ1v) is 7.43. The summed E-state index contributed by atoms with van der Waals surface area (Å²) >= 11 is 3.55. The molecular formula is C15H20BrN3. The molecule has 0 bridgehead atoms. The summed E-state index contributed by atoms with van der Waals surface area (Å²) in [5, 5.41) is 7.97. The number of hydrogen-bond donors (Lipinski definition) is 1. The Morgan fingerprint density at radius 2 is 2.16 bits per heavy atom. The smallest absolute Gasteiger partial charge is 0.0815 e. The quantitative estimate of drug-likeness (QED) is 0.876. The first-order valence-electron chi connectivity index (χ1n) is 6.64. The van der Waals surface area contributed by atoms with E-state index in [0.717, 1.165) is 28.8 Å². The number of aromatic nitrogens is 2. The molecule has 1 heterocycles. The molecule has 0 aliphatic carbocycles. The van der Waals surface area contributed by atoms with Crippen molar-refractivity contribution in [2.24, 2.45) is 0 Å². The maximum Gasteiger partial charge on any atom is 0.0815 e. The summed E-state index contributed by atoms with van der Waals surface area (Å²) in [6, 6.07) is 8.82. The number of halogens is 1. The molecule has 0 saturated heterocycles. The second-order valence-electron chi connectivity index (χ2n) is 4.86. The summed E-state index contributed by atoms with van der Waals surface area (Å²) in [5.41, 5.74) is 3.42. The molecule has 0 fully saturated rings. The number of anilines is 1. The molecule has 1 N–H and O–H groups in total. The van der Waals surface area contributed by atoms with E-state index in [-0.39, 0.29) is 0 Å². The van der Waals surface area contributed by atoms with Crippen LogP contribution in [-0.2, 0) is 6.54 Å². The fourth-order valence-corrected chi connectivity index (χ4v) is 2.18. The van der Waals surface area contributed by atoms with Crippen LogP contribution in [0.2, 0.25) is 0 Å². The number of hydrogen-bond acceptors (Lipinski definition) is 2. The van der Waals surface area contributed by atoms with Crippen molar-refractivity contribution < 1.29 is 0 Å². The molecule has 2 rings (SSSR count). The lowest BCUT2D eigenvalue weighted by Gasteiger charge is -2.09. The maximum absolute atomic E-state index is 4.58. The fourth-order valence-electron chi connectivity index (χ4n) is 1.80. The van der Waals surface area contributed by atoms with Gasteiger partial charge in [-0.25, -0.2) is 0 Å². The first kappa shape index (κ1) is 14.1. The van der Waals surface area contributed by atoms with Crippen LogP contribution >= 0.6 is 15.9 Å². The molecule has 1 aromatic carbocycles. The minimum absolute atomic E-state index is 0.460. The van der Waals surface area contributed by atoms with Gasteiger partial charge in [0.05, 0.1) is 12.2 Å². The molecule has 0 aliphatic heterocycles. The highest BCUT2D eigenvalue weighted by molar-refractivity contribution is 9.10. The molecule has 0 radical (unpaired) electrons. The summed E-state index contributed by atoms with van der Waals surface area (Å²) in [4.78, 5) is 0. The van der Waals surface area contributed by atoms with Gasteiger partial charge in [-0.2, -0.15) is 5.10 Å². The van der Waals surface area contributed by atoms with Crippen LogP contribution in [0, 0.1) is 6.92 Å². The number of aryl methyl sites for hydroxylation is 1. The summed E-state index contributed by atoms with van der Waals surface area (Å²) in [7, 11) is 0. The van der Waals surface area contributed by atoms with Gasteiger partial charge in [-0.15, -0.1) is 0 Å². The summed E-state index contributed by atoms with van der Waals surface area (Å²) < 4.78 is 3.16. The van der Waals surface area contributed by atoms with E-state index >= 15 is 0 Å². The van der Waals surface area contributed by atoms with Crippen molar-refractivity contribution in [2.45, 2.75) is 39.8 Å². The molecule has 0 saturated carbocycles. The van der Waals surface area contributed by atoms with Crippen molar-refractivity contribution in [3.05, 3.63) is 46.2 Å². The lowest BCUT2D eigenvalue weighted by Crippen LogP contribution is -2.06. The number of nitrogens with one attached hydrogen (secondary N) is 1. The molecule has 3 nitrogen and oxygen atoms in total. The third-order valence-electron chi connectivity index (χ3n) is 3.35. The first-order chi connectivity index (χ1) is 9.10. The number of rotatable bonds is 5. The molecule has 1 aromatic heterocycles. The lowest BCUT2D eigenvalue weighted by atomic mass is 10.2. The van der Waals surface area contributed by atoms with Crippen LogP contribution in [0.1, 0.15) is 37.6 Å². The second-order valence-corrected chi connectivity index (χ2v) is 5.72. The third-order valence-corrected chi connectivity index (χ3v) is 4.21. The summed E-state index contributed by atoms with van der Waals surface area (Å²) in [5.74, 6) is 0.